The molecule has 0 amide bonds. The third-order valence-electron chi connectivity index (χ3n) is 3.42. The Balaban J connectivity index is 2.45. The van der Waals surface area contributed by atoms with E-state index in [-0.39, 0.29) is 18.2 Å². The van der Waals surface area contributed by atoms with Crippen LogP contribution in [-0.2, 0) is 14.3 Å². The summed E-state index contributed by atoms with van der Waals surface area (Å²) in [6.45, 7) is 3.76. The van der Waals surface area contributed by atoms with Crippen LogP contribution in [-0.4, -0.2) is 30.8 Å². The molecule has 1 aliphatic carbocycles. The van der Waals surface area contributed by atoms with E-state index in [0.717, 1.165) is 32.1 Å². The largest absolute Gasteiger partial charge is 0.461 e. The van der Waals surface area contributed by atoms with Crippen molar-refractivity contribution >= 4 is 5.97 Å². The van der Waals surface area contributed by atoms with Gasteiger partial charge in [-0.2, -0.15) is 0 Å². The van der Waals surface area contributed by atoms with Crippen LogP contribution in [0.3, 0.4) is 0 Å². The highest BCUT2D eigenvalue weighted by Crippen LogP contribution is 2.24. The molecule has 0 aromatic heterocycles. The van der Waals surface area contributed by atoms with Crippen molar-refractivity contribution in [2.24, 2.45) is 5.73 Å². The number of methoxy groups -OCH3 is 1. The lowest BCUT2D eigenvalue weighted by atomic mass is 9.94. The Kier molecular flexibility index (Phi) is 5.40. The minimum absolute atomic E-state index is 0.0269. The maximum atomic E-state index is 11.9. The molecule has 1 rings (SSSR count). The predicted octanol–water partition coefficient (Wildman–Crippen LogP) is 2.00. The molecular formula is C13H25NO3. The highest BCUT2D eigenvalue weighted by molar-refractivity contribution is 5.80. The number of hydrogen-bond acceptors (Lipinski definition) is 4. The molecule has 0 aromatic rings. The van der Waals surface area contributed by atoms with Crippen molar-refractivity contribution in [1.29, 1.82) is 0 Å². The van der Waals surface area contributed by atoms with Crippen molar-refractivity contribution in [3.63, 3.8) is 0 Å². The van der Waals surface area contributed by atoms with E-state index in [0.29, 0.717) is 6.42 Å². The predicted molar refractivity (Wildman–Crippen MR) is 66.6 cm³/mol. The van der Waals surface area contributed by atoms with Gasteiger partial charge in [0.25, 0.3) is 0 Å². The van der Waals surface area contributed by atoms with Crippen molar-refractivity contribution < 1.29 is 14.3 Å². The number of rotatable bonds is 5. The first-order valence-corrected chi connectivity index (χ1v) is 6.52. The summed E-state index contributed by atoms with van der Waals surface area (Å²) in [7, 11) is 1.71. The van der Waals surface area contributed by atoms with Gasteiger partial charge < -0.3 is 15.2 Å². The summed E-state index contributed by atoms with van der Waals surface area (Å²) in [4.78, 5) is 11.9. The lowest BCUT2D eigenvalue weighted by Gasteiger charge is -2.31. The number of nitrogens with two attached hydrogens (primary N) is 1. The van der Waals surface area contributed by atoms with Crippen molar-refractivity contribution in [3.8, 4) is 0 Å². The Labute approximate surface area is 104 Å². The molecule has 1 fully saturated rings. The van der Waals surface area contributed by atoms with Crippen LogP contribution in [0.15, 0.2) is 0 Å². The summed E-state index contributed by atoms with van der Waals surface area (Å²) < 4.78 is 10.8. The van der Waals surface area contributed by atoms with Crippen LogP contribution in [0.5, 0.6) is 0 Å². The zero-order valence-corrected chi connectivity index (χ0v) is 11.2. The normalized spacial score (nSPS) is 28.5. The Bertz CT molecular complexity index is 253. The summed E-state index contributed by atoms with van der Waals surface area (Å²) in [6.07, 6.45) is 5.56. The number of carbonyl (C=O) groups is 1. The number of carbonyl (C=O) groups excluding carboxylic acids is 1. The molecule has 1 saturated carbocycles. The standard InChI is InChI=1S/C13H25NO3/c1-4-8-13(2,14)12(15)17-11-7-5-6-10(9-11)16-3/h10-11H,4-9,14H2,1-3H3. The maximum absolute atomic E-state index is 11.9. The van der Waals surface area contributed by atoms with Crippen LogP contribution < -0.4 is 5.73 Å². The third kappa shape index (κ3) is 4.28. The molecule has 2 N–H and O–H groups in total. The van der Waals surface area contributed by atoms with E-state index in [9.17, 15) is 4.79 Å². The van der Waals surface area contributed by atoms with Crippen molar-refractivity contribution in [3.05, 3.63) is 0 Å². The first kappa shape index (κ1) is 14.5. The number of esters is 1. The molecule has 4 nitrogen and oxygen atoms in total. The molecule has 0 bridgehead atoms. The lowest BCUT2D eigenvalue weighted by molar-refractivity contribution is -0.159. The molecule has 100 valence electrons. The molecule has 0 spiro atoms. The van der Waals surface area contributed by atoms with Gasteiger partial charge in [0.05, 0.1) is 6.10 Å². The molecule has 17 heavy (non-hydrogen) atoms. The Hall–Kier alpha value is -0.610. The van der Waals surface area contributed by atoms with E-state index in [1.165, 1.54) is 0 Å². The molecule has 3 unspecified atom stereocenters. The Morgan fingerprint density at radius 2 is 2.06 bits per heavy atom. The van der Waals surface area contributed by atoms with Crippen LogP contribution >= 0.6 is 0 Å². The van der Waals surface area contributed by atoms with Gasteiger partial charge in [0, 0.05) is 13.5 Å². The molecule has 0 saturated heterocycles. The van der Waals surface area contributed by atoms with E-state index in [2.05, 4.69) is 0 Å². The third-order valence-corrected chi connectivity index (χ3v) is 3.42. The second-order valence-electron chi connectivity index (χ2n) is 5.22. The van der Waals surface area contributed by atoms with Crippen molar-refractivity contribution in [2.45, 2.75) is 70.1 Å². The fraction of sp³-hybridized carbons (Fsp3) is 0.923. The summed E-state index contributed by atoms with van der Waals surface area (Å²) in [6, 6.07) is 0. The number of ether oxygens (including phenoxy) is 2. The smallest absolute Gasteiger partial charge is 0.326 e. The summed E-state index contributed by atoms with van der Waals surface area (Å²) in [5.41, 5.74) is 5.10. The average Bonchev–Trinajstić information content (AvgIpc) is 2.29. The zero-order chi connectivity index (χ0) is 12.9. The van der Waals surface area contributed by atoms with Crippen LogP contribution in [0, 0.1) is 0 Å². The van der Waals surface area contributed by atoms with Crippen LogP contribution in [0.1, 0.15) is 52.4 Å². The van der Waals surface area contributed by atoms with Gasteiger partial charge in [-0.3, -0.25) is 4.79 Å². The molecule has 3 atom stereocenters. The fourth-order valence-corrected chi connectivity index (χ4v) is 2.33. The van der Waals surface area contributed by atoms with Crippen molar-refractivity contribution in [2.75, 3.05) is 7.11 Å². The van der Waals surface area contributed by atoms with Gasteiger partial charge in [0.2, 0.25) is 0 Å². The maximum Gasteiger partial charge on any atom is 0.326 e. The van der Waals surface area contributed by atoms with Crippen LogP contribution in [0.25, 0.3) is 0 Å². The summed E-state index contributed by atoms with van der Waals surface area (Å²) in [5.74, 6) is -0.277. The van der Waals surface area contributed by atoms with Gasteiger partial charge in [-0.1, -0.05) is 13.3 Å². The second-order valence-corrected chi connectivity index (χ2v) is 5.22. The number of hydrogen-bond donors (Lipinski definition) is 1. The van der Waals surface area contributed by atoms with E-state index in [1.807, 2.05) is 6.92 Å². The van der Waals surface area contributed by atoms with Crippen molar-refractivity contribution in [1.82, 2.24) is 0 Å². The topological polar surface area (TPSA) is 61.6 Å². The minimum atomic E-state index is -0.852. The summed E-state index contributed by atoms with van der Waals surface area (Å²) >= 11 is 0. The Morgan fingerprint density at radius 3 is 2.65 bits per heavy atom. The highest BCUT2D eigenvalue weighted by Gasteiger charge is 2.33. The monoisotopic (exact) mass is 243 g/mol. The minimum Gasteiger partial charge on any atom is -0.461 e. The van der Waals surface area contributed by atoms with Gasteiger partial charge in [-0.15, -0.1) is 0 Å². The highest BCUT2D eigenvalue weighted by atomic mass is 16.5. The average molecular weight is 243 g/mol. The fourth-order valence-electron chi connectivity index (χ4n) is 2.33. The van der Waals surface area contributed by atoms with Gasteiger partial charge in [0.1, 0.15) is 11.6 Å². The van der Waals surface area contributed by atoms with Gasteiger partial charge in [-0.05, 0) is 32.6 Å². The first-order valence-electron chi connectivity index (χ1n) is 6.52. The van der Waals surface area contributed by atoms with Crippen LogP contribution in [0.4, 0.5) is 0 Å². The molecule has 4 heteroatoms. The van der Waals surface area contributed by atoms with Gasteiger partial charge in [-0.25, -0.2) is 0 Å². The van der Waals surface area contributed by atoms with Gasteiger partial charge >= 0.3 is 5.97 Å². The first-order chi connectivity index (χ1) is 7.99. The second kappa shape index (κ2) is 6.36. The van der Waals surface area contributed by atoms with Gasteiger partial charge in [0.15, 0.2) is 0 Å². The SMILES string of the molecule is CCCC(C)(N)C(=O)OC1CCCC(OC)C1. The van der Waals surface area contributed by atoms with E-state index in [1.54, 1.807) is 14.0 Å². The Morgan fingerprint density at radius 1 is 1.41 bits per heavy atom. The molecule has 0 radical (unpaired) electrons. The summed E-state index contributed by atoms with van der Waals surface area (Å²) in [5, 5.41) is 0. The lowest BCUT2D eigenvalue weighted by Crippen LogP contribution is -2.47. The molecule has 0 aromatic carbocycles. The zero-order valence-electron chi connectivity index (χ0n) is 11.2. The quantitative estimate of drug-likeness (QED) is 0.750. The molecule has 1 aliphatic rings. The molecular weight excluding hydrogens is 218 g/mol. The van der Waals surface area contributed by atoms with E-state index < -0.39 is 5.54 Å². The van der Waals surface area contributed by atoms with E-state index in [4.69, 9.17) is 15.2 Å². The van der Waals surface area contributed by atoms with E-state index >= 15 is 0 Å². The van der Waals surface area contributed by atoms with Crippen LogP contribution in [0.2, 0.25) is 0 Å². The molecule has 0 heterocycles. The molecule has 0 aliphatic heterocycles.